The Balaban J connectivity index is 2.35. The molecule has 6 heteroatoms. The molecule has 0 aromatic heterocycles. The van der Waals surface area contributed by atoms with Gasteiger partial charge in [0.1, 0.15) is 4.90 Å². The molecule has 0 unspecified atom stereocenters. The van der Waals surface area contributed by atoms with Crippen LogP contribution in [0.2, 0.25) is 5.02 Å². The van der Waals surface area contributed by atoms with Gasteiger partial charge in [-0.05, 0) is 37.0 Å². The maximum absolute atomic E-state index is 12.5. The minimum absolute atomic E-state index is 0.103. The second kappa shape index (κ2) is 5.07. The number of nitrogen functional groups attached to an aromatic ring is 1. The number of hydrogen-bond acceptors (Lipinski definition) is 3. The van der Waals surface area contributed by atoms with Crippen LogP contribution in [0.5, 0.6) is 0 Å². The second-order valence-corrected chi connectivity index (χ2v) is 6.90. The van der Waals surface area contributed by atoms with E-state index in [0.717, 1.165) is 12.8 Å². The van der Waals surface area contributed by atoms with Crippen molar-refractivity contribution < 1.29 is 8.42 Å². The van der Waals surface area contributed by atoms with Crippen LogP contribution in [0.4, 0.5) is 5.69 Å². The Labute approximate surface area is 113 Å². The van der Waals surface area contributed by atoms with Crippen molar-refractivity contribution in [3.63, 3.8) is 0 Å². The molecule has 2 rings (SSSR count). The summed E-state index contributed by atoms with van der Waals surface area (Å²) >= 11 is 5.97. The molecule has 1 aliphatic rings. The lowest BCUT2D eigenvalue weighted by Crippen LogP contribution is -2.33. The van der Waals surface area contributed by atoms with E-state index in [1.54, 1.807) is 6.07 Å². The van der Waals surface area contributed by atoms with Crippen LogP contribution in [0.1, 0.15) is 19.8 Å². The van der Waals surface area contributed by atoms with E-state index in [2.05, 4.69) is 0 Å². The van der Waals surface area contributed by atoms with Crippen molar-refractivity contribution in [2.45, 2.75) is 24.7 Å². The highest BCUT2D eigenvalue weighted by Crippen LogP contribution is 2.33. The Kier molecular flexibility index (Phi) is 3.84. The standard InChI is InChI=1S/C12H17ClN2O2S/c1-2-15(8-9-3-4-9)18(16,17)12-7-10(14)5-6-11(12)13/h5-7,9H,2-4,8,14H2,1H3. The quantitative estimate of drug-likeness (QED) is 0.846. The Morgan fingerprint density at radius 1 is 1.44 bits per heavy atom. The van der Waals surface area contributed by atoms with Crippen molar-refractivity contribution in [3.05, 3.63) is 23.2 Å². The fraction of sp³-hybridized carbons (Fsp3) is 0.500. The van der Waals surface area contributed by atoms with Gasteiger partial charge in [0.2, 0.25) is 10.0 Å². The molecule has 1 aliphatic carbocycles. The lowest BCUT2D eigenvalue weighted by Gasteiger charge is -2.21. The molecule has 2 N–H and O–H groups in total. The van der Waals surface area contributed by atoms with Crippen molar-refractivity contribution in [1.82, 2.24) is 4.31 Å². The van der Waals surface area contributed by atoms with Gasteiger partial charge in [-0.25, -0.2) is 8.42 Å². The lowest BCUT2D eigenvalue weighted by molar-refractivity contribution is 0.412. The summed E-state index contributed by atoms with van der Waals surface area (Å²) in [4.78, 5) is 0.103. The molecule has 18 heavy (non-hydrogen) atoms. The molecule has 1 aromatic rings. The highest BCUT2D eigenvalue weighted by atomic mass is 35.5. The summed E-state index contributed by atoms with van der Waals surface area (Å²) in [6.07, 6.45) is 2.22. The molecule has 0 saturated heterocycles. The van der Waals surface area contributed by atoms with Gasteiger partial charge < -0.3 is 5.73 Å². The molecule has 1 aromatic carbocycles. The van der Waals surface area contributed by atoms with Gasteiger partial charge in [0, 0.05) is 18.8 Å². The van der Waals surface area contributed by atoms with Crippen LogP contribution in [0.25, 0.3) is 0 Å². The highest BCUT2D eigenvalue weighted by Gasteiger charge is 2.31. The van der Waals surface area contributed by atoms with E-state index in [1.165, 1.54) is 16.4 Å². The van der Waals surface area contributed by atoms with Crippen LogP contribution >= 0.6 is 11.6 Å². The fourth-order valence-electron chi connectivity index (χ4n) is 1.84. The molecule has 0 bridgehead atoms. The number of sulfonamides is 1. The van der Waals surface area contributed by atoms with Crippen molar-refractivity contribution in [1.29, 1.82) is 0 Å². The molecule has 0 atom stereocenters. The van der Waals surface area contributed by atoms with Gasteiger partial charge in [0.15, 0.2) is 0 Å². The second-order valence-electron chi connectivity index (χ2n) is 4.59. The largest absolute Gasteiger partial charge is 0.399 e. The van der Waals surface area contributed by atoms with Crippen LogP contribution in [-0.2, 0) is 10.0 Å². The predicted octanol–water partition coefficient (Wildman–Crippen LogP) is 2.34. The molecule has 4 nitrogen and oxygen atoms in total. The maximum atomic E-state index is 12.5. The van der Waals surface area contributed by atoms with Crippen LogP contribution in [-0.4, -0.2) is 25.8 Å². The van der Waals surface area contributed by atoms with Crippen molar-refractivity contribution in [2.75, 3.05) is 18.8 Å². The van der Waals surface area contributed by atoms with Crippen LogP contribution in [0, 0.1) is 5.92 Å². The van der Waals surface area contributed by atoms with Crippen LogP contribution in [0.15, 0.2) is 23.1 Å². The van der Waals surface area contributed by atoms with Gasteiger partial charge in [0.25, 0.3) is 0 Å². The molecule has 100 valence electrons. The average Bonchev–Trinajstić information content (AvgIpc) is 3.12. The predicted molar refractivity (Wildman–Crippen MR) is 73.0 cm³/mol. The van der Waals surface area contributed by atoms with Crippen molar-refractivity contribution >= 4 is 27.3 Å². The number of nitrogens with zero attached hydrogens (tertiary/aromatic N) is 1. The lowest BCUT2D eigenvalue weighted by atomic mass is 10.3. The number of benzene rings is 1. The number of nitrogens with two attached hydrogens (primary N) is 1. The third-order valence-corrected chi connectivity index (χ3v) is 5.51. The summed E-state index contributed by atoms with van der Waals surface area (Å²) in [7, 11) is -3.54. The van der Waals surface area contributed by atoms with E-state index in [4.69, 9.17) is 17.3 Å². The van der Waals surface area contributed by atoms with Crippen molar-refractivity contribution in [3.8, 4) is 0 Å². The molecule has 0 heterocycles. The summed E-state index contributed by atoms with van der Waals surface area (Å²) in [6.45, 7) is 2.86. The normalized spacial score (nSPS) is 16.2. The summed E-state index contributed by atoms with van der Waals surface area (Å²) in [5.41, 5.74) is 6.04. The van der Waals surface area contributed by atoms with Crippen molar-refractivity contribution in [2.24, 2.45) is 5.92 Å². The topological polar surface area (TPSA) is 63.4 Å². The molecular formula is C12H17ClN2O2S. The third-order valence-electron chi connectivity index (χ3n) is 3.08. The third kappa shape index (κ3) is 2.79. The van der Waals surface area contributed by atoms with Gasteiger partial charge in [-0.1, -0.05) is 18.5 Å². The first kappa shape index (κ1) is 13.6. The zero-order chi connectivity index (χ0) is 13.3. The van der Waals surface area contributed by atoms with E-state index in [1.807, 2.05) is 6.92 Å². The Morgan fingerprint density at radius 3 is 2.67 bits per heavy atom. The van der Waals surface area contributed by atoms with E-state index >= 15 is 0 Å². The van der Waals surface area contributed by atoms with Gasteiger partial charge in [-0.2, -0.15) is 4.31 Å². The highest BCUT2D eigenvalue weighted by molar-refractivity contribution is 7.89. The first-order valence-electron chi connectivity index (χ1n) is 6.00. The molecule has 1 saturated carbocycles. The minimum Gasteiger partial charge on any atom is -0.399 e. The molecular weight excluding hydrogens is 272 g/mol. The fourth-order valence-corrected chi connectivity index (χ4v) is 3.88. The summed E-state index contributed by atoms with van der Waals surface area (Å²) in [5.74, 6) is 0.500. The van der Waals surface area contributed by atoms with Gasteiger partial charge >= 0.3 is 0 Å². The maximum Gasteiger partial charge on any atom is 0.244 e. The number of rotatable bonds is 5. The molecule has 1 fully saturated rings. The Morgan fingerprint density at radius 2 is 2.11 bits per heavy atom. The van der Waals surface area contributed by atoms with E-state index in [-0.39, 0.29) is 9.92 Å². The summed E-state index contributed by atoms with van der Waals surface area (Å²) in [5, 5.41) is 0.221. The summed E-state index contributed by atoms with van der Waals surface area (Å²) < 4.78 is 26.4. The number of halogens is 1. The van der Waals surface area contributed by atoms with E-state index < -0.39 is 10.0 Å². The Bertz CT molecular complexity index is 541. The molecule has 0 radical (unpaired) electrons. The monoisotopic (exact) mass is 288 g/mol. The number of hydrogen-bond donors (Lipinski definition) is 1. The molecule has 0 aliphatic heterocycles. The Hall–Kier alpha value is -0.780. The average molecular weight is 289 g/mol. The first-order chi connectivity index (χ1) is 8.45. The first-order valence-corrected chi connectivity index (χ1v) is 7.82. The molecule has 0 spiro atoms. The minimum atomic E-state index is -3.54. The SMILES string of the molecule is CCN(CC1CC1)S(=O)(=O)c1cc(N)ccc1Cl. The van der Waals surface area contributed by atoms with Gasteiger partial charge in [-0.15, -0.1) is 0 Å². The smallest absolute Gasteiger partial charge is 0.244 e. The number of anilines is 1. The van der Waals surface area contributed by atoms with Gasteiger partial charge in [0.05, 0.1) is 5.02 Å². The summed E-state index contributed by atoms with van der Waals surface area (Å²) in [6, 6.07) is 4.54. The zero-order valence-corrected chi connectivity index (χ0v) is 11.8. The zero-order valence-electron chi connectivity index (χ0n) is 10.3. The molecule has 0 amide bonds. The van der Waals surface area contributed by atoms with Crippen LogP contribution in [0.3, 0.4) is 0 Å². The van der Waals surface area contributed by atoms with E-state index in [0.29, 0.717) is 24.7 Å². The van der Waals surface area contributed by atoms with Crippen LogP contribution < -0.4 is 5.73 Å². The van der Waals surface area contributed by atoms with Gasteiger partial charge in [-0.3, -0.25) is 0 Å². The van der Waals surface area contributed by atoms with E-state index in [9.17, 15) is 8.42 Å².